The second-order valence-corrected chi connectivity index (χ2v) is 17.1. The molecule has 9 atom stereocenters. The lowest BCUT2D eigenvalue weighted by molar-refractivity contribution is -0.220. The Labute approximate surface area is 382 Å². The number of ether oxygens (including phenoxy) is 2. The van der Waals surface area contributed by atoms with Gasteiger partial charge in [-0.1, -0.05) is 137 Å². The summed E-state index contributed by atoms with van der Waals surface area (Å²) < 4.78 is 33.5. The van der Waals surface area contributed by atoms with Crippen LogP contribution < -0.4 is 0 Å². The zero-order valence-electron chi connectivity index (χ0n) is 38.1. The van der Waals surface area contributed by atoms with E-state index in [0.29, 0.717) is 19.3 Å². The molecule has 1 saturated carbocycles. The van der Waals surface area contributed by atoms with Gasteiger partial charge in [0.1, 0.15) is 43.2 Å². The van der Waals surface area contributed by atoms with Gasteiger partial charge >= 0.3 is 19.8 Å². The number of phosphoric ester groups is 1. The second kappa shape index (κ2) is 37.9. The third kappa shape index (κ3) is 30.0. The second-order valence-electron chi connectivity index (χ2n) is 15.7. The van der Waals surface area contributed by atoms with Gasteiger partial charge in [-0.3, -0.25) is 18.6 Å². The summed E-state index contributed by atoms with van der Waals surface area (Å²) in [4.78, 5) is 35.7. The van der Waals surface area contributed by atoms with Gasteiger partial charge in [0.25, 0.3) is 0 Å². The smallest absolute Gasteiger partial charge is 0.462 e. The predicted octanol–water partition coefficient (Wildman–Crippen LogP) is 8.02. The van der Waals surface area contributed by atoms with Crippen molar-refractivity contribution in [3.05, 3.63) is 97.2 Å². The van der Waals surface area contributed by atoms with Crippen LogP contribution in [0.15, 0.2) is 97.2 Å². The van der Waals surface area contributed by atoms with E-state index in [1.54, 1.807) is 6.08 Å². The number of unbranched alkanes of at least 4 members (excludes halogenated alkanes) is 8. The van der Waals surface area contributed by atoms with Crippen molar-refractivity contribution in [2.24, 2.45) is 0 Å². The molecule has 0 bridgehead atoms. The van der Waals surface area contributed by atoms with E-state index in [2.05, 4.69) is 67.7 Å². The lowest BCUT2D eigenvalue weighted by atomic mass is 9.85. The van der Waals surface area contributed by atoms with Gasteiger partial charge in [-0.05, 0) is 83.5 Å². The van der Waals surface area contributed by atoms with Crippen molar-refractivity contribution in [1.82, 2.24) is 0 Å². The molecule has 1 aliphatic rings. The van der Waals surface area contributed by atoms with Gasteiger partial charge in [0, 0.05) is 12.8 Å². The Kier molecular flexibility index (Phi) is 34.8. The summed E-state index contributed by atoms with van der Waals surface area (Å²) in [5.74, 6) is -1.20. The monoisotopic (exact) mass is 923 g/mol. The molecule has 0 aromatic rings. The molecular formula is C49H79O14P. The highest BCUT2D eigenvalue weighted by atomic mass is 31.2. The van der Waals surface area contributed by atoms with Gasteiger partial charge < -0.3 is 45.0 Å². The van der Waals surface area contributed by atoms with E-state index < -0.39 is 81.8 Å². The van der Waals surface area contributed by atoms with Gasteiger partial charge in [0.15, 0.2) is 6.10 Å². The van der Waals surface area contributed by atoms with E-state index in [0.717, 1.165) is 89.9 Å². The van der Waals surface area contributed by atoms with Gasteiger partial charge in [-0.2, -0.15) is 0 Å². The number of carbonyl (C=O) groups excluding carboxylic acids is 2. The number of hydrogen-bond acceptors (Lipinski definition) is 13. The number of esters is 2. The standard InChI is InChI=1S/C49H79O14P/c1-3-5-7-8-9-10-11-12-13-14-15-16-17-18-19-22-25-28-32-36-42(51)60-38-41(39-61-64(58,59)63-49-47(56)45(54)44(53)46(55)48(49)57)62-43(52)37-33-29-26-23-20-21-24-27-31-35-40(50)34-30-6-4-2/h5-7,9-10,12-13,15-16,18-19,24,27,30-31,35,40-41,44-50,53-57H,3-4,8,11,14,17,20-23,25-26,28-29,32-34,36-39H2,1-2H3,(H,58,59)/b7-5-,10-9-,13-12-,16-15-,19-18-,27-24+,30-6+,35-31+/t40?,41-,44?,45-,46+,47-,48-,49?/m1/s1. The molecule has 15 heteroatoms. The van der Waals surface area contributed by atoms with Gasteiger partial charge in [-0.15, -0.1) is 0 Å². The van der Waals surface area contributed by atoms with Crippen molar-refractivity contribution in [2.75, 3.05) is 13.2 Å². The van der Waals surface area contributed by atoms with Crippen LogP contribution in [0.2, 0.25) is 0 Å². The number of rotatable bonds is 36. The molecule has 14 nitrogen and oxygen atoms in total. The highest BCUT2D eigenvalue weighted by molar-refractivity contribution is 7.47. The highest BCUT2D eigenvalue weighted by Crippen LogP contribution is 2.47. The quantitative estimate of drug-likeness (QED) is 0.0104. The fourth-order valence-electron chi connectivity index (χ4n) is 6.29. The fourth-order valence-corrected chi connectivity index (χ4v) is 7.26. The molecule has 0 radical (unpaired) electrons. The maximum Gasteiger partial charge on any atom is 0.472 e. The SMILES string of the molecule is CC/C=C\C/C=C\C/C=C\C/C=C\C/C=C\CCCCCC(=O)OC[C@H](COP(=O)(O)OC1[C@H](O)[C@H](O)C(O)[C@H](O)[C@H]1O)OC(=O)CCCCCCC/C=C/C=C/C(O)C/C=C/CC. The normalized spacial score (nSPS) is 23.0. The summed E-state index contributed by atoms with van der Waals surface area (Å²) in [5, 5.41) is 60.1. The van der Waals surface area contributed by atoms with Crippen LogP contribution >= 0.6 is 7.82 Å². The zero-order chi connectivity index (χ0) is 47.3. The van der Waals surface area contributed by atoms with Crippen molar-refractivity contribution >= 4 is 19.8 Å². The topological polar surface area (TPSA) is 230 Å². The van der Waals surface area contributed by atoms with Crippen LogP contribution in [0.3, 0.4) is 0 Å². The Morgan fingerprint density at radius 1 is 0.562 bits per heavy atom. The van der Waals surface area contributed by atoms with Crippen LogP contribution in [0, 0.1) is 0 Å². The molecule has 0 aromatic carbocycles. The van der Waals surface area contributed by atoms with Gasteiger partial charge in [0.2, 0.25) is 0 Å². The Morgan fingerprint density at radius 2 is 1.03 bits per heavy atom. The molecular weight excluding hydrogens is 843 g/mol. The third-order valence-corrected chi connectivity index (χ3v) is 11.0. The van der Waals surface area contributed by atoms with E-state index in [4.69, 9.17) is 18.5 Å². The first-order valence-electron chi connectivity index (χ1n) is 23.1. The average molecular weight is 923 g/mol. The van der Waals surface area contributed by atoms with Crippen LogP contribution in [0.25, 0.3) is 0 Å². The minimum absolute atomic E-state index is 0.0364. The summed E-state index contributed by atoms with van der Waals surface area (Å²) in [7, 11) is -5.15. The van der Waals surface area contributed by atoms with Crippen molar-refractivity contribution in [3.8, 4) is 0 Å². The Balaban J connectivity index is 2.52. The first-order chi connectivity index (χ1) is 30.8. The maximum atomic E-state index is 12.8. The summed E-state index contributed by atoms with van der Waals surface area (Å²) in [6.45, 7) is 2.91. The summed E-state index contributed by atoms with van der Waals surface area (Å²) in [6.07, 6.45) is 33.5. The number of aliphatic hydroxyl groups is 6. The van der Waals surface area contributed by atoms with Crippen LogP contribution in [-0.2, 0) is 32.7 Å². The van der Waals surface area contributed by atoms with E-state index in [9.17, 15) is 49.7 Å². The number of carbonyl (C=O) groups is 2. The Morgan fingerprint density at radius 3 is 1.62 bits per heavy atom. The molecule has 1 fully saturated rings. The largest absolute Gasteiger partial charge is 0.472 e. The minimum atomic E-state index is -5.15. The first-order valence-corrected chi connectivity index (χ1v) is 24.6. The lowest BCUT2D eigenvalue weighted by Gasteiger charge is -2.41. The predicted molar refractivity (Wildman–Crippen MR) is 250 cm³/mol. The molecule has 0 aromatic heterocycles. The molecule has 364 valence electrons. The highest BCUT2D eigenvalue weighted by Gasteiger charge is 2.51. The lowest BCUT2D eigenvalue weighted by Crippen LogP contribution is -2.64. The first kappa shape index (κ1) is 58.7. The molecule has 0 heterocycles. The van der Waals surface area contributed by atoms with Gasteiger partial charge in [0.05, 0.1) is 12.7 Å². The average Bonchev–Trinajstić information content (AvgIpc) is 3.27. The maximum absolute atomic E-state index is 12.8. The summed E-state index contributed by atoms with van der Waals surface area (Å²) >= 11 is 0. The number of hydrogen-bond donors (Lipinski definition) is 7. The third-order valence-electron chi connectivity index (χ3n) is 10.0. The fraction of sp³-hybridized carbons (Fsp3) is 0.633. The van der Waals surface area contributed by atoms with Crippen LogP contribution in [-0.4, -0.2) is 110 Å². The van der Waals surface area contributed by atoms with E-state index in [1.807, 2.05) is 37.3 Å². The van der Waals surface area contributed by atoms with Crippen molar-refractivity contribution in [2.45, 2.75) is 185 Å². The molecule has 0 aliphatic heterocycles. The molecule has 1 aliphatic carbocycles. The molecule has 1 rings (SSSR count). The molecule has 0 saturated heterocycles. The van der Waals surface area contributed by atoms with Crippen LogP contribution in [0.1, 0.15) is 136 Å². The Bertz CT molecular complexity index is 1500. The Hall–Kier alpha value is -3.27. The van der Waals surface area contributed by atoms with Crippen LogP contribution in [0.5, 0.6) is 0 Å². The molecule has 64 heavy (non-hydrogen) atoms. The van der Waals surface area contributed by atoms with Crippen molar-refractivity contribution in [1.29, 1.82) is 0 Å². The summed E-state index contributed by atoms with van der Waals surface area (Å²) in [5.41, 5.74) is 0. The summed E-state index contributed by atoms with van der Waals surface area (Å²) in [6, 6.07) is 0. The minimum Gasteiger partial charge on any atom is -0.462 e. The van der Waals surface area contributed by atoms with E-state index in [1.165, 1.54) is 0 Å². The zero-order valence-corrected chi connectivity index (χ0v) is 39.0. The van der Waals surface area contributed by atoms with Crippen molar-refractivity contribution < 1.29 is 68.2 Å². The van der Waals surface area contributed by atoms with Crippen LogP contribution in [0.4, 0.5) is 0 Å². The van der Waals surface area contributed by atoms with Crippen molar-refractivity contribution in [3.63, 3.8) is 0 Å². The molecule has 7 N–H and O–H groups in total. The van der Waals surface area contributed by atoms with Gasteiger partial charge in [-0.25, -0.2) is 4.57 Å². The number of allylic oxidation sites excluding steroid dienone is 14. The number of phosphoric acid groups is 1. The molecule has 0 spiro atoms. The molecule has 4 unspecified atom stereocenters. The number of aliphatic hydroxyl groups excluding tert-OH is 6. The van der Waals surface area contributed by atoms with E-state index >= 15 is 0 Å². The molecule has 0 amide bonds. The van der Waals surface area contributed by atoms with E-state index in [-0.39, 0.29) is 12.8 Å².